The Morgan fingerprint density at radius 2 is 2.03 bits per heavy atom. The maximum absolute atomic E-state index is 15.0. The molecule has 6 rings (SSSR count). The van der Waals surface area contributed by atoms with Gasteiger partial charge in [-0.3, -0.25) is 9.48 Å². The van der Waals surface area contributed by atoms with Gasteiger partial charge in [-0.15, -0.1) is 5.10 Å². The molecule has 0 saturated heterocycles. The van der Waals surface area contributed by atoms with E-state index in [1.165, 1.54) is 0 Å². The van der Waals surface area contributed by atoms with E-state index in [9.17, 15) is 4.79 Å². The van der Waals surface area contributed by atoms with Crippen LogP contribution in [-0.2, 0) is 13.5 Å². The average molecular weight is 470 g/mol. The van der Waals surface area contributed by atoms with Crippen LogP contribution >= 0.6 is 0 Å². The van der Waals surface area contributed by atoms with Crippen LogP contribution in [0, 0.1) is 12.7 Å². The van der Waals surface area contributed by atoms with Crippen LogP contribution in [0.2, 0.25) is 0 Å². The zero-order valence-corrected chi connectivity index (χ0v) is 19.5. The minimum atomic E-state index is -0.418. The SMILES string of the molecule is Cc1c(-c2cnnc(Nc3cnn(C)c3)n2)cccc1N1CCc2cc(C3CC3)cc(F)c2C1=O. The minimum Gasteiger partial charge on any atom is -0.320 e. The van der Waals surface area contributed by atoms with E-state index in [4.69, 9.17) is 0 Å². The van der Waals surface area contributed by atoms with Crippen molar-refractivity contribution in [1.82, 2.24) is 25.0 Å². The molecule has 1 amide bonds. The van der Waals surface area contributed by atoms with E-state index in [1.807, 2.05) is 44.4 Å². The van der Waals surface area contributed by atoms with Crippen molar-refractivity contribution in [1.29, 1.82) is 0 Å². The summed E-state index contributed by atoms with van der Waals surface area (Å²) >= 11 is 0. The van der Waals surface area contributed by atoms with Gasteiger partial charge in [0.1, 0.15) is 5.82 Å². The monoisotopic (exact) mass is 469 g/mol. The highest BCUT2D eigenvalue weighted by molar-refractivity contribution is 6.09. The van der Waals surface area contributed by atoms with Gasteiger partial charge in [0.25, 0.3) is 5.91 Å². The number of carbonyl (C=O) groups is 1. The van der Waals surface area contributed by atoms with E-state index in [-0.39, 0.29) is 11.5 Å². The second kappa shape index (κ2) is 8.26. The Hall–Kier alpha value is -4.14. The minimum absolute atomic E-state index is 0.192. The Morgan fingerprint density at radius 3 is 2.80 bits per heavy atom. The van der Waals surface area contributed by atoms with Crippen molar-refractivity contribution in [3.8, 4) is 11.3 Å². The lowest BCUT2D eigenvalue weighted by molar-refractivity contribution is 0.0976. The zero-order chi connectivity index (χ0) is 24.1. The molecule has 1 fully saturated rings. The molecule has 3 heterocycles. The number of aromatic nitrogens is 5. The second-order valence-corrected chi connectivity index (χ2v) is 9.16. The summed E-state index contributed by atoms with van der Waals surface area (Å²) in [4.78, 5) is 19.7. The van der Waals surface area contributed by atoms with Gasteiger partial charge in [0, 0.05) is 31.0 Å². The molecule has 0 bridgehead atoms. The Labute approximate surface area is 201 Å². The summed E-state index contributed by atoms with van der Waals surface area (Å²) in [6.07, 6.45) is 7.90. The van der Waals surface area contributed by atoms with Crippen molar-refractivity contribution in [2.45, 2.75) is 32.1 Å². The van der Waals surface area contributed by atoms with E-state index in [0.29, 0.717) is 30.5 Å². The molecule has 0 spiro atoms. The average Bonchev–Trinajstić information content (AvgIpc) is 3.62. The number of amides is 1. The zero-order valence-electron chi connectivity index (χ0n) is 19.5. The first-order valence-electron chi connectivity index (χ1n) is 11.7. The number of hydrogen-bond donors (Lipinski definition) is 1. The van der Waals surface area contributed by atoms with Crippen LogP contribution in [0.5, 0.6) is 0 Å². The molecule has 9 heteroatoms. The van der Waals surface area contributed by atoms with Crippen LogP contribution in [0.3, 0.4) is 0 Å². The van der Waals surface area contributed by atoms with Crippen LogP contribution in [-0.4, -0.2) is 37.4 Å². The van der Waals surface area contributed by atoms with Gasteiger partial charge in [0.05, 0.1) is 29.3 Å². The van der Waals surface area contributed by atoms with Crippen molar-refractivity contribution in [3.05, 3.63) is 77.0 Å². The third-order valence-electron chi connectivity index (χ3n) is 6.70. The van der Waals surface area contributed by atoms with E-state index >= 15 is 4.39 Å². The summed E-state index contributed by atoms with van der Waals surface area (Å²) in [7, 11) is 1.83. The van der Waals surface area contributed by atoms with Crippen molar-refractivity contribution in [2.24, 2.45) is 7.05 Å². The maximum atomic E-state index is 15.0. The number of aryl methyl sites for hydroxylation is 1. The molecule has 1 aliphatic carbocycles. The molecule has 1 saturated carbocycles. The Morgan fingerprint density at radius 1 is 1.17 bits per heavy atom. The number of carbonyl (C=O) groups excluding carboxylic acids is 1. The van der Waals surface area contributed by atoms with E-state index < -0.39 is 5.82 Å². The molecule has 1 N–H and O–H groups in total. The molecule has 1 aliphatic heterocycles. The van der Waals surface area contributed by atoms with Crippen molar-refractivity contribution < 1.29 is 9.18 Å². The highest BCUT2D eigenvalue weighted by Gasteiger charge is 2.32. The molecular formula is C26H24FN7O. The summed E-state index contributed by atoms with van der Waals surface area (Å²) in [5, 5.41) is 15.4. The third-order valence-corrected chi connectivity index (χ3v) is 6.70. The number of halogens is 1. The molecule has 2 aliphatic rings. The van der Waals surface area contributed by atoms with Crippen molar-refractivity contribution in [2.75, 3.05) is 16.8 Å². The van der Waals surface area contributed by atoms with Crippen LogP contribution in [0.4, 0.5) is 21.7 Å². The predicted molar refractivity (Wildman–Crippen MR) is 130 cm³/mol. The lowest BCUT2D eigenvalue weighted by Gasteiger charge is -2.31. The first-order chi connectivity index (χ1) is 17.0. The smallest absolute Gasteiger partial charge is 0.261 e. The molecule has 0 atom stereocenters. The molecule has 0 unspecified atom stereocenters. The lowest BCUT2D eigenvalue weighted by Crippen LogP contribution is -2.39. The van der Waals surface area contributed by atoms with Crippen LogP contribution < -0.4 is 10.2 Å². The largest absolute Gasteiger partial charge is 0.320 e. The fourth-order valence-corrected chi connectivity index (χ4v) is 4.77. The molecule has 2 aromatic carbocycles. The van der Waals surface area contributed by atoms with Gasteiger partial charge in [-0.1, -0.05) is 18.2 Å². The fourth-order valence-electron chi connectivity index (χ4n) is 4.77. The molecular weight excluding hydrogens is 445 g/mol. The Bertz CT molecular complexity index is 1460. The van der Waals surface area contributed by atoms with Crippen LogP contribution in [0.15, 0.2) is 48.9 Å². The third kappa shape index (κ3) is 3.92. The van der Waals surface area contributed by atoms with Crippen molar-refractivity contribution in [3.63, 3.8) is 0 Å². The summed E-state index contributed by atoms with van der Waals surface area (Å²) < 4.78 is 16.7. The van der Waals surface area contributed by atoms with E-state index in [2.05, 4.69) is 25.6 Å². The number of hydrogen-bond acceptors (Lipinski definition) is 6. The van der Waals surface area contributed by atoms with Gasteiger partial charge in [0.15, 0.2) is 0 Å². The summed E-state index contributed by atoms with van der Waals surface area (Å²) in [5.74, 6) is 0.0720. The standard InChI is InChI=1S/C26H24FN7O/c1-15-20(22-13-28-32-26(31-22)30-19-12-29-33(2)14-19)4-3-5-23(15)34-9-8-17-10-18(16-6-7-16)11-21(27)24(17)25(34)35/h3-5,10-14,16H,6-9H2,1-2H3,(H,30,31,32). The Kier molecular flexibility index (Phi) is 5.05. The molecule has 8 nitrogen and oxygen atoms in total. The predicted octanol–water partition coefficient (Wildman–Crippen LogP) is 4.54. The summed E-state index contributed by atoms with van der Waals surface area (Å²) in [5.41, 5.74) is 5.83. The maximum Gasteiger partial charge on any atom is 0.261 e. The molecule has 35 heavy (non-hydrogen) atoms. The number of nitrogens with zero attached hydrogens (tertiary/aromatic N) is 6. The summed E-state index contributed by atoms with van der Waals surface area (Å²) in [6, 6.07) is 9.27. The van der Waals surface area contributed by atoms with Gasteiger partial charge in [-0.05, 0) is 60.9 Å². The number of rotatable bonds is 5. The van der Waals surface area contributed by atoms with E-state index in [1.54, 1.807) is 28.0 Å². The Balaban J connectivity index is 1.32. The quantitative estimate of drug-likeness (QED) is 0.462. The summed E-state index contributed by atoms with van der Waals surface area (Å²) in [6.45, 7) is 2.44. The topological polar surface area (TPSA) is 88.8 Å². The first kappa shape index (κ1) is 21.4. The van der Waals surface area contributed by atoms with Gasteiger partial charge in [0.2, 0.25) is 5.95 Å². The first-order valence-corrected chi connectivity index (χ1v) is 11.7. The van der Waals surface area contributed by atoms with Crippen LogP contribution in [0.25, 0.3) is 11.3 Å². The van der Waals surface area contributed by atoms with Crippen LogP contribution in [0.1, 0.15) is 45.8 Å². The van der Waals surface area contributed by atoms with Gasteiger partial charge < -0.3 is 10.2 Å². The normalized spacial score (nSPS) is 15.3. The van der Waals surface area contributed by atoms with Gasteiger partial charge >= 0.3 is 0 Å². The second-order valence-electron chi connectivity index (χ2n) is 9.16. The molecule has 0 radical (unpaired) electrons. The highest BCUT2D eigenvalue weighted by atomic mass is 19.1. The molecule has 176 valence electrons. The lowest BCUT2D eigenvalue weighted by atomic mass is 9.93. The molecule has 2 aromatic heterocycles. The van der Waals surface area contributed by atoms with Gasteiger partial charge in [-0.25, -0.2) is 9.37 Å². The highest BCUT2D eigenvalue weighted by Crippen LogP contribution is 2.42. The molecule has 4 aromatic rings. The fraction of sp³-hybridized carbons (Fsp3) is 0.269. The van der Waals surface area contributed by atoms with Gasteiger partial charge in [-0.2, -0.15) is 10.2 Å². The van der Waals surface area contributed by atoms with E-state index in [0.717, 1.165) is 46.5 Å². The number of nitrogens with one attached hydrogen (secondary N) is 1. The van der Waals surface area contributed by atoms with Crippen molar-refractivity contribution >= 4 is 23.2 Å². The number of fused-ring (bicyclic) bond motifs is 1. The number of anilines is 3. The number of benzene rings is 2.